The fourth-order valence-electron chi connectivity index (χ4n) is 2.97. The molecule has 2 rings (SSSR count). The lowest BCUT2D eigenvalue weighted by molar-refractivity contribution is 0.0192. The van der Waals surface area contributed by atoms with Crippen LogP contribution in [0.4, 0.5) is 0 Å². The molecule has 1 saturated carbocycles. The van der Waals surface area contributed by atoms with Gasteiger partial charge in [0.05, 0.1) is 0 Å². The van der Waals surface area contributed by atoms with Crippen LogP contribution in [0.25, 0.3) is 0 Å². The van der Waals surface area contributed by atoms with E-state index in [1.54, 1.807) is 0 Å². The molecule has 0 bridgehead atoms. The van der Waals surface area contributed by atoms with Crippen LogP contribution in [0.3, 0.4) is 0 Å². The van der Waals surface area contributed by atoms with Crippen molar-refractivity contribution in [3.05, 3.63) is 35.4 Å². The van der Waals surface area contributed by atoms with Gasteiger partial charge in [-0.25, -0.2) is 0 Å². The Hall–Kier alpha value is -0.860. The van der Waals surface area contributed by atoms with Gasteiger partial charge in [0.25, 0.3) is 0 Å². The maximum atomic E-state index is 9.64. The van der Waals surface area contributed by atoms with E-state index >= 15 is 0 Å². The van der Waals surface area contributed by atoms with E-state index in [1.165, 1.54) is 17.5 Å². The lowest BCUT2D eigenvalue weighted by atomic mass is 9.59. The molecule has 94 valence electrons. The normalized spacial score (nSPS) is 19.7. The van der Waals surface area contributed by atoms with E-state index in [1.807, 2.05) is 0 Å². The molecular formula is C15H23NO. The summed E-state index contributed by atoms with van der Waals surface area (Å²) in [6, 6.07) is 8.74. The molecule has 0 spiro atoms. The van der Waals surface area contributed by atoms with Gasteiger partial charge in [-0.2, -0.15) is 0 Å². The molecule has 2 nitrogen and oxygen atoms in total. The van der Waals surface area contributed by atoms with Gasteiger partial charge in [0.15, 0.2) is 0 Å². The van der Waals surface area contributed by atoms with Gasteiger partial charge >= 0.3 is 0 Å². The van der Waals surface area contributed by atoms with Crippen LogP contribution in [-0.2, 0) is 6.42 Å². The molecule has 0 unspecified atom stereocenters. The molecule has 3 N–H and O–H groups in total. The Morgan fingerprint density at radius 1 is 1.29 bits per heavy atom. The van der Waals surface area contributed by atoms with Gasteiger partial charge in [-0.15, -0.1) is 0 Å². The van der Waals surface area contributed by atoms with Crippen LogP contribution in [0.15, 0.2) is 24.3 Å². The summed E-state index contributed by atoms with van der Waals surface area (Å²) >= 11 is 0. The molecule has 1 aromatic carbocycles. The molecule has 2 heteroatoms. The van der Waals surface area contributed by atoms with Crippen molar-refractivity contribution >= 4 is 0 Å². The minimum absolute atomic E-state index is 0.0580. The number of rotatable bonds is 5. The van der Waals surface area contributed by atoms with Gasteiger partial charge in [-0.1, -0.05) is 37.6 Å². The summed E-state index contributed by atoms with van der Waals surface area (Å²) in [5, 5.41) is 9.64. The van der Waals surface area contributed by atoms with E-state index in [0.29, 0.717) is 12.5 Å². The van der Waals surface area contributed by atoms with E-state index < -0.39 is 0 Å². The molecule has 0 saturated heterocycles. The molecule has 0 aromatic heterocycles. The predicted octanol–water partition coefficient (Wildman–Crippen LogP) is 2.45. The monoisotopic (exact) mass is 233 g/mol. The fourth-order valence-corrected chi connectivity index (χ4v) is 2.97. The van der Waals surface area contributed by atoms with Gasteiger partial charge in [-0.05, 0) is 36.9 Å². The summed E-state index contributed by atoms with van der Waals surface area (Å²) in [5.41, 5.74) is 8.64. The van der Waals surface area contributed by atoms with E-state index in [9.17, 15) is 5.11 Å². The maximum Gasteiger partial charge on any atom is 0.0493 e. The first-order valence-corrected chi connectivity index (χ1v) is 6.65. The van der Waals surface area contributed by atoms with Crippen LogP contribution >= 0.6 is 0 Å². The molecule has 1 atom stereocenters. The van der Waals surface area contributed by atoms with Gasteiger partial charge in [0.1, 0.15) is 0 Å². The van der Waals surface area contributed by atoms with Gasteiger partial charge < -0.3 is 10.8 Å². The summed E-state index contributed by atoms with van der Waals surface area (Å²) in [6.07, 6.45) is 4.52. The molecule has 1 aliphatic carbocycles. The van der Waals surface area contributed by atoms with Crippen LogP contribution in [0, 0.1) is 5.41 Å². The van der Waals surface area contributed by atoms with Crippen molar-refractivity contribution < 1.29 is 5.11 Å². The molecular weight excluding hydrogens is 210 g/mol. The highest BCUT2D eigenvalue weighted by atomic mass is 16.3. The topological polar surface area (TPSA) is 46.2 Å². The molecule has 1 fully saturated rings. The molecule has 1 aromatic rings. The number of hydrogen-bond acceptors (Lipinski definition) is 2. The Kier molecular flexibility index (Phi) is 3.85. The summed E-state index contributed by atoms with van der Waals surface area (Å²) in [6.45, 7) is 3.06. The van der Waals surface area contributed by atoms with Gasteiger partial charge in [0, 0.05) is 17.9 Å². The third-order valence-corrected chi connectivity index (χ3v) is 4.43. The smallest absolute Gasteiger partial charge is 0.0493 e. The van der Waals surface area contributed by atoms with Crippen molar-refractivity contribution in [1.82, 2.24) is 0 Å². The lowest BCUT2D eigenvalue weighted by Gasteiger charge is -2.46. The van der Waals surface area contributed by atoms with Crippen molar-refractivity contribution in [2.45, 2.75) is 38.5 Å². The van der Waals surface area contributed by atoms with Crippen molar-refractivity contribution in [3.8, 4) is 0 Å². The maximum absolute atomic E-state index is 9.64. The van der Waals surface area contributed by atoms with E-state index in [2.05, 4.69) is 31.2 Å². The van der Waals surface area contributed by atoms with Crippen LogP contribution in [-0.4, -0.2) is 18.3 Å². The Labute approximate surface area is 104 Å². The predicted molar refractivity (Wildman–Crippen MR) is 71.0 cm³/mol. The van der Waals surface area contributed by atoms with Crippen molar-refractivity contribution in [3.63, 3.8) is 0 Å². The average molecular weight is 233 g/mol. The first kappa shape index (κ1) is 12.6. The van der Waals surface area contributed by atoms with Crippen LogP contribution in [0.2, 0.25) is 0 Å². The van der Waals surface area contributed by atoms with Crippen LogP contribution in [0.5, 0.6) is 0 Å². The molecule has 0 radical (unpaired) electrons. The standard InChI is InChI=1S/C15H23NO/c1-2-12-4-6-13(7-5-12)14(10-16)15(11-17)8-3-9-15/h4-7,14,17H,2-3,8-11,16H2,1H3/t14-/m1/s1. The van der Waals surface area contributed by atoms with E-state index in [-0.39, 0.29) is 12.0 Å². The SMILES string of the molecule is CCc1ccc([C@@H](CN)C2(CO)CCC2)cc1. The highest BCUT2D eigenvalue weighted by Gasteiger charge is 2.43. The second kappa shape index (κ2) is 5.19. The molecule has 0 aliphatic heterocycles. The highest BCUT2D eigenvalue weighted by molar-refractivity contribution is 5.28. The number of aliphatic hydroxyl groups excluding tert-OH is 1. The van der Waals surface area contributed by atoms with Crippen LogP contribution < -0.4 is 5.73 Å². The van der Waals surface area contributed by atoms with Gasteiger partial charge in [0.2, 0.25) is 0 Å². The molecule has 0 amide bonds. The number of nitrogens with two attached hydrogens (primary N) is 1. The highest BCUT2D eigenvalue weighted by Crippen LogP contribution is 2.50. The zero-order valence-corrected chi connectivity index (χ0v) is 10.7. The lowest BCUT2D eigenvalue weighted by Crippen LogP contribution is -2.42. The van der Waals surface area contributed by atoms with Crippen molar-refractivity contribution in [1.29, 1.82) is 0 Å². The number of hydrogen-bond donors (Lipinski definition) is 2. The second-order valence-electron chi connectivity index (χ2n) is 5.26. The number of benzene rings is 1. The summed E-state index contributed by atoms with van der Waals surface area (Å²) in [4.78, 5) is 0. The Balaban J connectivity index is 2.22. The summed E-state index contributed by atoms with van der Waals surface area (Å²) in [5.74, 6) is 0.312. The Morgan fingerprint density at radius 3 is 2.29 bits per heavy atom. The zero-order chi connectivity index (χ0) is 12.3. The van der Waals surface area contributed by atoms with Crippen LogP contribution in [0.1, 0.15) is 43.2 Å². The quantitative estimate of drug-likeness (QED) is 0.820. The molecule has 1 aliphatic rings. The second-order valence-corrected chi connectivity index (χ2v) is 5.26. The minimum atomic E-state index is 0.0580. The third-order valence-electron chi connectivity index (χ3n) is 4.43. The molecule has 17 heavy (non-hydrogen) atoms. The van der Waals surface area contributed by atoms with E-state index in [4.69, 9.17) is 5.73 Å². The molecule has 0 heterocycles. The number of aryl methyl sites for hydroxylation is 1. The van der Waals surface area contributed by atoms with Crippen molar-refractivity contribution in [2.75, 3.05) is 13.2 Å². The fraction of sp³-hybridized carbons (Fsp3) is 0.600. The first-order valence-electron chi connectivity index (χ1n) is 6.65. The number of aliphatic hydroxyl groups is 1. The summed E-state index contributed by atoms with van der Waals surface area (Å²) in [7, 11) is 0. The zero-order valence-electron chi connectivity index (χ0n) is 10.7. The van der Waals surface area contributed by atoms with E-state index in [0.717, 1.165) is 19.3 Å². The Morgan fingerprint density at radius 2 is 1.94 bits per heavy atom. The van der Waals surface area contributed by atoms with Gasteiger partial charge in [-0.3, -0.25) is 0 Å². The van der Waals surface area contributed by atoms with Crippen molar-refractivity contribution in [2.24, 2.45) is 11.1 Å². The minimum Gasteiger partial charge on any atom is -0.396 e. The first-order chi connectivity index (χ1) is 8.25. The third kappa shape index (κ3) is 2.24. The Bertz CT molecular complexity index is 348. The summed E-state index contributed by atoms with van der Waals surface area (Å²) < 4.78 is 0. The average Bonchev–Trinajstić information content (AvgIpc) is 2.34. The largest absolute Gasteiger partial charge is 0.396 e.